The fourth-order valence-corrected chi connectivity index (χ4v) is 4.04. The van der Waals surface area contributed by atoms with Crippen LogP contribution >= 0.6 is 0 Å². The number of hydrogen-bond donors (Lipinski definition) is 3. The molecule has 1 fully saturated rings. The smallest absolute Gasteiger partial charge is 0.269 e. The molecule has 0 spiro atoms. The molecule has 1 saturated heterocycles. The van der Waals surface area contributed by atoms with E-state index in [1.807, 2.05) is 6.07 Å². The number of rotatable bonds is 6. The number of carbonyl (C=O) groups excluding carboxylic acids is 1. The number of nitrogens with zero attached hydrogens (tertiary/aromatic N) is 2. The van der Waals surface area contributed by atoms with Gasteiger partial charge in [-0.15, -0.1) is 0 Å². The second-order valence-corrected chi connectivity index (χ2v) is 7.80. The van der Waals surface area contributed by atoms with Gasteiger partial charge in [0, 0.05) is 12.1 Å². The second kappa shape index (κ2) is 9.59. The summed E-state index contributed by atoms with van der Waals surface area (Å²) in [5.74, 6) is 0.0380. The highest BCUT2D eigenvalue weighted by atomic mass is 16.3. The highest BCUT2D eigenvalue weighted by Gasteiger charge is 2.22. The van der Waals surface area contributed by atoms with Crippen molar-refractivity contribution in [2.75, 3.05) is 19.6 Å². The van der Waals surface area contributed by atoms with E-state index < -0.39 is 0 Å². The molecule has 2 aromatic carbocycles. The maximum absolute atomic E-state index is 12.8. The number of aromatic nitrogens is 2. The largest absolute Gasteiger partial charge is 0.508 e. The molecule has 2 heterocycles. The molecule has 1 aliphatic rings. The Morgan fingerprint density at radius 1 is 1.03 bits per heavy atom. The predicted molar refractivity (Wildman–Crippen MR) is 117 cm³/mol. The number of nitrogens with one attached hydrogen (secondary N) is 2. The van der Waals surface area contributed by atoms with Gasteiger partial charge in [0.2, 0.25) is 0 Å². The first-order chi connectivity index (χ1) is 14.7. The highest BCUT2D eigenvalue weighted by molar-refractivity contribution is 5.93. The van der Waals surface area contributed by atoms with E-state index in [4.69, 9.17) is 0 Å². The maximum atomic E-state index is 12.8. The molecule has 3 N–H and O–H groups in total. The van der Waals surface area contributed by atoms with Gasteiger partial charge >= 0.3 is 0 Å². The Labute approximate surface area is 176 Å². The van der Waals surface area contributed by atoms with Crippen molar-refractivity contribution < 1.29 is 9.90 Å². The molecule has 6 heteroatoms. The second-order valence-electron chi connectivity index (χ2n) is 7.80. The number of hydrogen-bond acceptors (Lipinski definition) is 4. The van der Waals surface area contributed by atoms with Gasteiger partial charge in [-0.1, -0.05) is 43.2 Å². The van der Waals surface area contributed by atoms with Gasteiger partial charge in [-0.3, -0.25) is 14.8 Å². The van der Waals surface area contributed by atoms with Crippen molar-refractivity contribution in [1.29, 1.82) is 0 Å². The minimum Gasteiger partial charge on any atom is -0.508 e. The molecular formula is C24H28N4O2. The van der Waals surface area contributed by atoms with Gasteiger partial charge in [0.1, 0.15) is 11.4 Å². The predicted octanol–water partition coefficient (Wildman–Crippen LogP) is 4.13. The van der Waals surface area contributed by atoms with Crippen LogP contribution in [-0.4, -0.2) is 45.7 Å². The van der Waals surface area contributed by atoms with Gasteiger partial charge in [-0.05, 0) is 61.8 Å². The minimum absolute atomic E-state index is 0.160. The Morgan fingerprint density at radius 3 is 2.43 bits per heavy atom. The van der Waals surface area contributed by atoms with Crippen LogP contribution in [0.2, 0.25) is 0 Å². The van der Waals surface area contributed by atoms with Gasteiger partial charge in [0.15, 0.2) is 0 Å². The molecule has 156 valence electrons. The molecule has 4 rings (SSSR count). The molecule has 0 radical (unpaired) electrons. The summed E-state index contributed by atoms with van der Waals surface area (Å²) in [5, 5.41) is 19.6. The minimum atomic E-state index is -0.164. The zero-order chi connectivity index (χ0) is 20.8. The van der Waals surface area contributed by atoms with Gasteiger partial charge in [0.25, 0.3) is 5.91 Å². The van der Waals surface area contributed by atoms with Gasteiger partial charge in [0.05, 0.1) is 11.7 Å². The van der Waals surface area contributed by atoms with Crippen molar-refractivity contribution in [3.63, 3.8) is 0 Å². The lowest BCUT2D eigenvalue weighted by molar-refractivity contribution is 0.0928. The zero-order valence-electron chi connectivity index (χ0n) is 17.1. The van der Waals surface area contributed by atoms with E-state index in [-0.39, 0.29) is 17.7 Å². The first-order valence-electron chi connectivity index (χ1n) is 10.6. The van der Waals surface area contributed by atoms with Crippen molar-refractivity contribution in [2.24, 2.45) is 0 Å². The summed E-state index contributed by atoms with van der Waals surface area (Å²) in [4.78, 5) is 15.3. The van der Waals surface area contributed by atoms with Gasteiger partial charge in [-0.25, -0.2) is 0 Å². The molecule has 6 nitrogen and oxygen atoms in total. The number of H-pyrrole nitrogens is 1. The SMILES string of the molecule is O=C(NCC(c1ccccc1)N1CCCCCC1)c1cc(-c2ccc(O)cc2)n[nH]1. The lowest BCUT2D eigenvalue weighted by atomic mass is 10.0. The Balaban J connectivity index is 1.45. The molecule has 0 bridgehead atoms. The molecule has 1 unspecified atom stereocenters. The van der Waals surface area contributed by atoms with Crippen molar-refractivity contribution in [3.05, 3.63) is 71.9 Å². The van der Waals surface area contributed by atoms with Crippen LogP contribution in [0.1, 0.15) is 47.8 Å². The van der Waals surface area contributed by atoms with Crippen molar-refractivity contribution in [1.82, 2.24) is 20.4 Å². The van der Waals surface area contributed by atoms with Crippen LogP contribution in [0, 0.1) is 0 Å². The van der Waals surface area contributed by atoms with Crippen molar-refractivity contribution >= 4 is 5.91 Å². The lowest BCUT2D eigenvalue weighted by Crippen LogP contribution is -2.38. The summed E-state index contributed by atoms with van der Waals surface area (Å²) >= 11 is 0. The Hall–Kier alpha value is -3.12. The van der Waals surface area contributed by atoms with E-state index in [1.165, 1.54) is 31.2 Å². The molecule has 1 aromatic heterocycles. The molecule has 1 atom stereocenters. The Bertz CT molecular complexity index is 945. The van der Waals surface area contributed by atoms with E-state index >= 15 is 0 Å². The fourth-order valence-electron chi connectivity index (χ4n) is 4.04. The average Bonchev–Trinajstić information content (AvgIpc) is 3.12. The van der Waals surface area contributed by atoms with E-state index in [9.17, 15) is 9.90 Å². The topological polar surface area (TPSA) is 81.2 Å². The number of phenolic OH excluding ortho intramolecular Hbond substituents is 1. The quantitative estimate of drug-likeness (QED) is 0.577. The molecular weight excluding hydrogens is 376 g/mol. The van der Waals surface area contributed by atoms with Gasteiger partial charge in [-0.2, -0.15) is 5.10 Å². The van der Waals surface area contributed by atoms with E-state index in [2.05, 4.69) is 44.7 Å². The number of phenols is 1. The fraction of sp³-hybridized carbons (Fsp3) is 0.333. The molecule has 3 aromatic rings. The first-order valence-corrected chi connectivity index (χ1v) is 10.6. The van der Waals surface area contributed by atoms with E-state index in [1.54, 1.807) is 30.3 Å². The Kier molecular flexibility index (Phi) is 6.44. The first kappa shape index (κ1) is 20.2. The number of benzene rings is 2. The maximum Gasteiger partial charge on any atom is 0.269 e. The molecule has 0 aliphatic carbocycles. The summed E-state index contributed by atoms with van der Waals surface area (Å²) < 4.78 is 0. The number of aromatic amines is 1. The summed E-state index contributed by atoms with van der Waals surface area (Å²) in [6.07, 6.45) is 4.96. The van der Waals surface area contributed by atoms with Crippen LogP contribution in [0.4, 0.5) is 0 Å². The number of carbonyl (C=O) groups is 1. The molecule has 1 aliphatic heterocycles. The number of aromatic hydroxyl groups is 1. The van der Waals surface area contributed by atoms with E-state index in [0.29, 0.717) is 17.9 Å². The van der Waals surface area contributed by atoms with Crippen LogP contribution in [0.15, 0.2) is 60.7 Å². The Morgan fingerprint density at radius 2 is 1.73 bits per heavy atom. The zero-order valence-corrected chi connectivity index (χ0v) is 17.1. The van der Waals surface area contributed by atoms with Crippen LogP contribution < -0.4 is 5.32 Å². The van der Waals surface area contributed by atoms with Crippen LogP contribution in [-0.2, 0) is 0 Å². The molecule has 1 amide bonds. The summed E-state index contributed by atoms with van der Waals surface area (Å²) in [7, 11) is 0. The number of amides is 1. The normalized spacial score (nSPS) is 16.0. The highest BCUT2D eigenvalue weighted by Crippen LogP contribution is 2.24. The van der Waals surface area contributed by atoms with Gasteiger partial charge < -0.3 is 10.4 Å². The third-order valence-electron chi connectivity index (χ3n) is 5.71. The molecule has 0 saturated carbocycles. The number of likely N-dealkylation sites (tertiary alicyclic amines) is 1. The summed E-state index contributed by atoms with van der Waals surface area (Å²) in [6, 6.07) is 19.1. The summed E-state index contributed by atoms with van der Waals surface area (Å²) in [5.41, 5.74) is 3.18. The van der Waals surface area contributed by atoms with Crippen LogP contribution in [0.25, 0.3) is 11.3 Å². The van der Waals surface area contributed by atoms with Crippen molar-refractivity contribution in [3.8, 4) is 17.0 Å². The average molecular weight is 405 g/mol. The third kappa shape index (κ3) is 4.89. The van der Waals surface area contributed by atoms with Crippen molar-refractivity contribution in [2.45, 2.75) is 31.7 Å². The van der Waals surface area contributed by atoms with Crippen LogP contribution in [0.5, 0.6) is 5.75 Å². The lowest BCUT2D eigenvalue weighted by Gasteiger charge is -2.31. The monoisotopic (exact) mass is 404 g/mol. The van der Waals surface area contributed by atoms with Crippen LogP contribution in [0.3, 0.4) is 0 Å². The van der Waals surface area contributed by atoms with E-state index in [0.717, 1.165) is 18.7 Å². The third-order valence-corrected chi connectivity index (χ3v) is 5.71. The molecule has 30 heavy (non-hydrogen) atoms. The summed E-state index contributed by atoms with van der Waals surface area (Å²) in [6.45, 7) is 2.67. The standard InChI is InChI=1S/C24H28N4O2/c29-20-12-10-18(11-13-20)21-16-22(27-26-21)24(30)25-17-23(19-8-4-3-5-9-19)28-14-6-1-2-7-15-28/h3-5,8-13,16,23,29H,1-2,6-7,14-15,17H2,(H,25,30)(H,26,27).